The molecule has 1 aromatic rings. The van der Waals surface area contributed by atoms with Crippen LogP contribution >= 0.6 is 22.6 Å². The van der Waals surface area contributed by atoms with Gasteiger partial charge in [0.05, 0.1) is 4.55 Å². The first-order valence-electron chi connectivity index (χ1n) is 5.10. The number of halogens is 1. The SMILES string of the molecule is CCN(CI)CCc1ccccc1C. The zero-order valence-electron chi connectivity index (χ0n) is 8.96. The van der Waals surface area contributed by atoms with Crippen molar-refractivity contribution in [1.82, 2.24) is 4.90 Å². The van der Waals surface area contributed by atoms with Crippen molar-refractivity contribution < 1.29 is 0 Å². The molecule has 0 aliphatic carbocycles. The molecule has 14 heavy (non-hydrogen) atoms. The van der Waals surface area contributed by atoms with Gasteiger partial charge < -0.3 is 0 Å². The Morgan fingerprint density at radius 1 is 1.29 bits per heavy atom. The normalized spacial score (nSPS) is 10.9. The van der Waals surface area contributed by atoms with E-state index in [0.717, 1.165) is 11.1 Å². The molecule has 0 saturated carbocycles. The van der Waals surface area contributed by atoms with E-state index in [-0.39, 0.29) is 0 Å². The van der Waals surface area contributed by atoms with E-state index in [0.29, 0.717) is 0 Å². The Morgan fingerprint density at radius 2 is 2.00 bits per heavy atom. The molecule has 0 heterocycles. The lowest BCUT2D eigenvalue weighted by Gasteiger charge is -2.17. The Bertz CT molecular complexity index is 269. The molecule has 0 unspecified atom stereocenters. The minimum absolute atomic E-state index is 1.13. The molecule has 0 aliphatic heterocycles. The number of aryl methyl sites for hydroxylation is 1. The maximum atomic E-state index is 2.45. The maximum Gasteiger partial charge on any atom is 0.0505 e. The van der Waals surface area contributed by atoms with Crippen LogP contribution in [0.3, 0.4) is 0 Å². The van der Waals surface area contributed by atoms with Crippen LogP contribution in [0.2, 0.25) is 0 Å². The Morgan fingerprint density at radius 3 is 2.57 bits per heavy atom. The molecular formula is C12H18IN. The van der Waals surface area contributed by atoms with Crippen LogP contribution in [0.25, 0.3) is 0 Å². The van der Waals surface area contributed by atoms with Crippen LogP contribution in [-0.2, 0) is 6.42 Å². The summed E-state index contributed by atoms with van der Waals surface area (Å²) in [5.74, 6) is 0. The van der Waals surface area contributed by atoms with Crippen molar-refractivity contribution >= 4 is 22.6 Å². The highest BCUT2D eigenvalue weighted by molar-refractivity contribution is 14.1. The van der Waals surface area contributed by atoms with Crippen molar-refractivity contribution in [2.24, 2.45) is 0 Å². The molecule has 1 rings (SSSR count). The molecule has 2 heteroatoms. The third-order valence-corrected chi connectivity index (χ3v) is 3.54. The highest BCUT2D eigenvalue weighted by Crippen LogP contribution is 2.08. The summed E-state index contributed by atoms with van der Waals surface area (Å²) in [6, 6.07) is 8.66. The fraction of sp³-hybridized carbons (Fsp3) is 0.500. The van der Waals surface area contributed by atoms with E-state index in [9.17, 15) is 0 Å². The van der Waals surface area contributed by atoms with Crippen LogP contribution in [0, 0.1) is 6.92 Å². The number of hydrogen-bond donors (Lipinski definition) is 0. The van der Waals surface area contributed by atoms with Gasteiger partial charge in [0.25, 0.3) is 0 Å². The molecule has 0 amide bonds. The van der Waals surface area contributed by atoms with Crippen molar-refractivity contribution in [1.29, 1.82) is 0 Å². The summed E-state index contributed by atoms with van der Waals surface area (Å²) in [5.41, 5.74) is 2.90. The van der Waals surface area contributed by atoms with Crippen LogP contribution < -0.4 is 0 Å². The zero-order chi connectivity index (χ0) is 10.4. The molecule has 0 N–H and O–H groups in total. The molecule has 0 radical (unpaired) electrons. The number of benzene rings is 1. The average molecular weight is 303 g/mol. The standard InChI is InChI=1S/C12H18IN/c1-3-14(10-13)9-8-12-7-5-4-6-11(12)2/h4-7H,3,8-10H2,1-2H3. The van der Waals surface area contributed by atoms with Crippen LogP contribution in [0.4, 0.5) is 0 Å². The van der Waals surface area contributed by atoms with Gasteiger partial charge in [-0.1, -0.05) is 53.8 Å². The highest BCUT2D eigenvalue weighted by atomic mass is 127. The van der Waals surface area contributed by atoms with Gasteiger partial charge in [-0.3, -0.25) is 4.90 Å². The highest BCUT2D eigenvalue weighted by Gasteiger charge is 2.01. The van der Waals surface area contributed by atoms with E-state index in [1.165, 1.54) is 24.1 Å². The molecule has 0 bridgehead atoms. The summed E-state index contributed by atoms with van der Waals surface area (Å²) in [6.07, 6.45) is 1.17. The first-order chi connectivity index (χ1) is 6.77. The van der Waals surface area contributed by atoms with Crippen LogP contribution in [0.5, 0.6) is 0 Å². The number of nitrogens with zero attached hydrogens (tertiary/aromatic N) is 1. The molecule has 1 nitrogen and oxygen atoms in total. The molecule has 0 aromatic heterocycles. The summed E-state index contributed by atoms with van der Waals surface area (Å²) < 4.78 is 1.13. The summed E-state index contributed by atoms with van der Waals surface area (Å²) in [7, 11) is 0. The zero-order valence-corrected chi connectivity index (χ0v) is 11.1. The van der Waals surface area contributed by atoms with E-state index in [1.54, 1.807) is 0 Å². The molecular weight excluding hydrogens is 285 g/mol. The lowest BCUT2D eigenvalue weighted by molar-refractivity contribution is 0.350. The molecule has 0 atom stereocenters. The summed E-state index contributed by atoms with van der Waals surface area (Å²) in [6.45, 7) is 6.73. The molecule has 0 saturated heterocycles. The Kier molecular flexibility index (Phi) is 5.48. The monoisotopic (exact) mass is 303 g/mol. The topological polar surface area (TPSA) is 3.24 Å². The van der Waals surface area contributed by atoms with Crippen LogP contribution in [-0.4, -0.2) is 22.5 Å². The smallest absolute Gasteiger partial charge is 0.0505 e. The minimum Gasteiger partial charge on any atom is -0.294 e. The fourth-order valence-electron chi connectivity index (χ4n) is 1.47. The summed E-state index contributed by atoms with van der Waals surface area (Å²) in [5, 5.41) is 0. The van der Waals surface area contributed by atoms with Crippen LogP contribution in [0.1, 0.15) is 18.1 Å². The van der Waals surface area contributed by atoms with E-state index in [4.69, 9.17) is 0 Å². The lowest BCUT2D eigenvalue weighted by atomic mass is 10.1. The largest absolute Gasteiger partial charge is 0.294 e. The Hall–Kier alpha value is -0.0900. The summed E-state index contributed by atoms with van der Waals surface area (Å²) >= 11 is 2.43. The van der Waals surface area contributed by atoms with E-state index < -0.39 is 0 Å². The molecule has 0 fully saturated rings. The predicted molar refractivity (Wildman–Crippen MR) is 71.0 cm³/mol. The van der Waals surface area contributed by atoms with E-state index in [1.807, 2.05) is 0 Å². The van der Waals surface area contributed by atoms with Gasteiger partial charge in [0, 0.05) is 6.54 Å². The van der Waals surface area contributed by atoms with Gasteiger partial charge >= 0.3 is 0 Å². The van der Waals surface area contributed by atoms with Crippen molar-refractivity contribution in [3.63, 3.8) is 0 Å². The molecule has 1 aromatic carbocycles. The van der Waals surface area contributed by atoms with Crippen molar-refractivity contribution in [2.75, 3.05) is 17.6 Å². The second kappa shape index (κ2) is 6.40. The van der Waals surface area contributed by atoms with Gasteiger partial charge in [-0.15, -0.1) is 0 Å². The third-order valence-electron chi connectivity index (χ3n) is 2.57. The fourth-order valence-corrected chi connectivity index (χ4v) is 2.30. The van der Waals surface area contributed by atoms with Crippen LogP contribution in [0.15, 0.2) is 24.3 Å². The van der Waals surface area contributed by atoms with Crippen molar-refractivity contribution in [3.05, 3.63) is 35.4 Å². The summed E-state index contributed by atoms with van der Waals surface area (Å²) in [4.78, 5) is 2.45. The minimum atomic E-state index is 1.13. The third kappa shape index (κ3) is 3.58. The van der Waals surface area contributed by atoms with Gasteiger partial charge in [0.15, 0.2) is 0 Å². The molecule has 78 valence electrons. The quantitative estimate of drug-likeness (QED) is 0.458. The second-order valence-corrected chi connectivity index (χ2v) is 4.19. The van der Waals surface area contributed by atoms with Crippen molar-refractivity contribution in [3.8, 4) is 0 Å². The van der Waals surface area contributed by atoms with Gasteiger partial charge in [-0.25, -0.2) is 0 Å². The Balaban J connectivity index is 2.49. The van der Waals surface area contributed by atoms with Gasteiger partial charge in [-0.2, -0.15) is 0 Å². The van der Waals surface area contributed by atoms with E-state index in [2.05, 4.69) is 65.6 Å². The van der Waals surface area contributed by atoms with E-state index >= 15 is 0 Å². The van der Waals surface area contributed by atoms with Gasteiger partial charge in [0.2, 0.25) is 0 Å². The Labute approximate surface area is 101 Å². The molecule has 0 aliphatic rings. The number of hydrogen-bond acceptors (Lipinski definition) is 1. The average Bonchev–Trinajstić information content (AvgIpc) is 2.22. The second-order valence-electron chi connectivity index (χ2n) is 3.51. The number of rotatable bonds is 5. The number of alkyl halides is 1. The van der Waals surface area contributed by atoms with Crippen molar-refractivity contribution in [2.45, 2.75) is 20.3 Å². The maximum absolute atomic E-state index is 2.45. The molecule has 0 spiro atoms. The predicted octanol–water partition coefficient (Wildman–Crippen LogP) is 3.25. The number of likely N-dealkylation sites (N-methyl/N-ethyl adjacent to an activating group) is 1. The van der Waals surface area contributed by atoms with Gasteiger partial charge in [0.1, 0.15) is 0 Å². The first kappa shape index (κ1) is 12.0. The first-order valence-corrected chi connectivity index (χ1v) is 6.63. The lowest BCUT2D eigenvalue weighted by Crippen LogP contribution is -2.24. The van der Waals surface area contributed by atoms with Gasteiger partial charge in [-0.05, 0) is 31.0 Å².